The monoisotopic (exact) mass is 345 g/mol. The van der Waals surface area contributed by atoms with Gasteiger partial charge in [-0.3, -0.25) is 14.5 Å². The maximum Gasteiger partial charge on any atom is 0.237 e. The molecular weight excluding hydrogens is 318 g/mol. The molecule has 1 heterocycles. The summed E-state index contributed by atoms with van der Waals surface area (Å²) < 4.78 is 5.66. The van der Waals surface area contributed by atoms with Crippen molar-refractivity contribution in [3.8, 4) is 5.75 Å². The molecule has 0 spiro atoms. The zero-order chi connectivity index (χ0) is 18.2. The van der Waals surface area contributed by atoms with Gasteiger partial charge in [-0.25, -0.2) is 0 Å². The first-order chi connectivity index (χ1) is 12.1. The molecule has 136 valence electrons. The Morgan fingerprint density at radius 1 is 1.52 bits per heavy atom. The largest absolute Gasteiger partial charge is 0.494 e. The van der Waals surface area contributed by atoms with Gasteiger partial charge >= 0.3 is 0 Å². The van der Waals surface area contributed by atoms with Crippen LogP contribution in [-0.2, 0) is 22.6 Å². The molecule has 1 unspecified atom stereocenters. The predicted octanol–water partition coefficient (Wildman–Crippen LogP) is 1.25. The van der Waals surface area contributed by atoms with Crippen LogP contribution >= 0.6 is 0 Å². The van der Waals surface area contributed by atoms with E-state index >= 15 is 0 Å². The number of carbonyl (C=O) groups excluding carboxylic acids is 2. The van der Waals surface area contributed by atoms with Gasteiger partial charge in [-0.05, 0) is 30.5 Å². The quantitative estimate of drug-likeness (QED) is 0.696. The topological polar surface area (TPSA) is 70.7 Å². The second kappa shape index (κ2) is 9.22. The average molecular weight is 345 g/mol. The lowest BCUT2D eigenvalue weighted by Crippen LogP contribution is -2.55. The number of nitrogens with one attached hydrogen (secondary N) is 2. The van der Waals surface area contributed by atoms with Crippen molar-refractivity contribution in [1.82, 2.24) is 15.5 Å². The van der Waals surface area contributed by atoms with Crippen molar-refractivity contribution in [2.24, 2.45) is 0 Å². The molecule has 0 aliphatic carbocycles. The van der Waals surface area contributed by atoms with Gasteiger partial charge in [-0.15, -0.1) is 6.58 Å². The van der Waals surface area contributed by atoms with Crippen molar-refractivity contribution in [1.29, 1.82) is 0 Å². The number of carbonyl (C=O) groups is 2. The molecule has 1 aliphatic heterocycles. The van der Waals surface area contributed by atoms with Crippen LogP contribution in [0.3, 0.4) is 0 Å². The van der Waals surface area contributed by atoms with Gasteiger partial charge in [0.1, 0.15) is 5.75 Å². The van der Waals surface area contributed by atoms with E-state index in [9.17, 15) is 9.59 Å². The third kappa shape index (κ3) is 5.06. The van der Waals surface area contributed by atoms with Gasteiger partial charge in [-0.2, -0.15) is 0 Å². The molecule has 0 bridgehead atoms. The molecule has 1 saturated heterocycles. The number of ether oxygens (including phenoxy) is 1. The third-order valence-corrected chi connectivity index (χ3v) is 4.27. The SMILES string of the molecule is C=CCc1cc(CN2CCNC(=O)C2CC(=O)NC)ccc1OCC. The summed E-state index contributed by atoms with van der Waals surface area (Å²) in [5.41, 5.74) is 2.18. The Morgan fingerprint density at radius 3 is 3.00 bits per heavy atom. The maximum atomic E-state index is 12.2. The summed E-state index contributed by atoms with van der Waals surface area (Å²) in [6.45, 7) is 8.31. The fraction of sp³-hybridized carbons (Fsp3) is 0.474. The van der Waals surface area contributed by atoms with Crippen LogP contribution in [0, 0.1) is 0 Å². The number of piperazine rings is 1. The molecule has 1 aliphatic rings. The van der Waals surface area contributed by atoms with Crippen LogP contribution in [0.1, 0.15) is 24.5 Å². The van der Waals surface area contributed by atoms with Crippen LogP contribution in [0.15, 0.2) is 30.9 Å². The summed E-state index contributed by atoms with van der Waals surface area (Å²) in [6, 6.07) is 5.63. The van der Waals surface area contributed by atoms with Crippen molar-refractivity contribution in [2.45, 2.75) is 32.4 Å². The smallest absolute Gasteiger partial charge is 0.237 e. The van der Waals surface area contributed by atoms with Crippen molar-refractivity contribution < 1.29 is 14.3 Å². The molecule has 2 N–H and O–H groups in total. The number of nitrogens with zero attached hydrogens (tertiary/aromatic N) is 1. The van der Waals surface area contributed by atoms with E-state index in [1.54, 1.807) is 7.05 Å². The fourth-order valence-corrected chi connectivity index (χ4v) is 3.03. The number of amides is 2. The van der Waals surface area contributed by atoms with Gasteiger partial charge in [-0.1, -0.05) is 18.2 Å². The first-order valence-electron chi connectivity index (χ1n) is 8.66. The molecular formula is C19H27N3O3. The molecule has 0 saturated carbocycles. The molecule has 2 amide bonds. The maximum absolute atomic E-state index is 12.2. The molecule has 0 radical (unpaired) electrons. The molecule has 1 atom stereocenters. The summed E-state index contributed by atoms with van der Waals surface area (Å²) in [5.74, 6) is 0.641. The predicted molar refractivity (Wildman–Crippen MR) is 97.4 cm³/mol. The van der Waals surface area contributed by atoms with Crippen molar-refractivity contribution in [3.63, 3.8) is 0 Å². The molecule has 1 aromatic rings. The van der Waals surface area contributed by atoms with Crippen LogP contribution < -0.4 is 15.4 Å². The lowest BCUT2D eigenvalue weighted by atomic mass is 10.0. The normalized spacial score (nSPS) is 17.7. The summed E-state index contributed by atoms with van der Waals surface area (Å²) in [6.07, 6.45) is 2.74. The molecule has 25 heavy (non-hydrogen) atoms. The Kier molecular flexibility index (Phi) is 7.01. The molecule has 6 nitrogen and oxygen atoms in total. The minimum atomic E-state index is -0.442. The lowest BCUT2D eigenvalue weighted by Gasteiger charge is -2.34. The Hall–Kier alpha value is -2.34. The Bertz CT molecular complexity index is 630. The Morgan fingerprint density at radius 2 is 2.32 bits per heavy atom. The molecule has 6 heteroatoms. The summed E-state index contributed by atoms with van der Waals surface area (Å²) in [7, 11) is 1.58. The highest BCUT2D eigenvalue weighted by molar-refractivity contribution is 5.88. The highest BCUT2D eigenvalue weighted by Gasteiger charge is 2.31. The molecule has 0 aromatic heterocycles. The highest BCUT2D eigenvalue weighted by atomic mass is 16.5. The van der Waals surface area contributed by atoms with Crippen molar-refractivity contribution >= 4 is 11.8 Å². The van der Waals surface area contributed by atoms with E-state index in [2.05, 4.69) is 28.2 Å². The van der Waals surface area contributed by atoms with E-state index in [1.165, 1.54) is 0 Å². The van der Waals surface area contributed by atoms with Crippen LogP contribution in [0.25, 0.3) is 0 Å². The number of hydrogen-bond acceptors (Lipinski definition) is 4. The minimum absolute atomic E-state index is 0.0906. The summed E-state index contributed by atoms with van der Waals surface area (Å²) >= 11 is 0. The van der Waals surface area contributed by atoms with E-state index in [0.29, 0.717) is 19.7 Å². The first kappa shape index (κ1) is 19.0. The van der Waals surface area contributed by atoms with Gasteiger partial charge < -0.3 is 15.4 Å². The summed E-state index contributed by atoms with van der Waals surface area (Å²) in [4.78, 5) is 26.0. The standard InChI is InChI=1S/C19H27N3O3/c1-4-6-15-11-14(7-8-17(15)25-5-2)13-22-10-9-21-19(24)16(22)12-18(23)20-3/h4,7-8,11,16H,1,5-6,9-10,12-13H2,2-3H3,(H,20,23)(H,21,24). The second-order valence-corrected chi connectivity index (χ2v) is 6.02. The third-order valence-electron chi connectivity index (χ3n) is 4.27. The van der Waals surface area contributed by atoms with Gasteiger partial charge in [0.15, 0.2) is 0 Å². The Labute approximate surface area is 149 Å². The van der Waals surface area contributed by atoms with Crippen LogP contribution in [0.5, 0.6) is 5.75 Å². The minimum Gasteiger partial charge on any atom is -0.494 e. The van der Waals surface area contributed by atoms with Crippen LogP contribution in [-0.4, -0.2) is 49.5 Å². The van der Waals surface area contributed by atoms with E-state index < -0.39 is 6.04 Å². The average Bonchev–Trinajstić information content (AvgIpc) is 2.60. The number of hydrogen-bond donors (Lipinski definition) is 2. The molecule has 1 fully saturated rings. The van der Waals surface area contributed by atoms with Gasteiger partial charge in [0, 0.05) is 26.7 Å². The zero-order valence-corrected chi connectivity index (χ0v) is 15.0. The van der Waals surface area contributed by atoms with Crippen LogP contribution in [0.4, 0.5) is 0 Å². The molecule has 2 rings (SSSR count). The molecule has 1 aromatic carbocycles. The van der Waals surface area contributed by atoms with Crippen molar-refractivity contribution in [2.75, 3.05) is 26.7 Å². The zero-order valence-electron chi connectivity index (χ0n) is 15.0. The van der Waals surface area contributed by atoms with E-state index in [4.69, 9.17) is 4.74 Å². The van der Waals surface area contributed by atoms with E-state index in [1.807, 2.05) is 25.1 Å². The highest BCUT2D eigenvalue weighted by Crippen LogP contribution is 2.23. The number of benzene rings is 1. The van der Waals surface area contributed by atoms with Gasteiger partial charge in [0.2, 0.25) is 11.8 Å². The van der Waals surface area contributed by atoms with E-state index in [-0.39, 0.29) is 18.2 Å². The van der Waals surface area contributed by atoms with Gasteiger partial charge in [0.05, 0.1) is 19.1 Å². The Balaban J connectivity index is 2.17. The number of rotatable bonds is 8. The van der Waals surface area contributed by atoms with Crippen LogP contribution in [0.2, 0.25) is 0 Å². The van der Waals surface area contributed by atoms with Gasteiger partial charge in [0.25, 0.3) is 0 Å². The second-order valence-electron chi connectivity index (χ2n) is 6.02. The lowest BCUT2D eigenvalue weighted by molar-refractivity contribution is -0.134. The van der Waals surface area contributed by atoms with E-state index in [0.717, 1.165) is 29.8 Å². The number of allylic oxidation sites excluding steroid dienone is 1. The summed E-state index contributed by atoms with van der Waals surface area (Å²) in [5, 5.41) is 5.43. The first-order valence-corrected chi connectivity index (χ1v) is 8.66. The fourth-order valence-electron chi connectivity index (χ4n) is 3.03. The van der Waals surface area contributed by atoms with Crippen molar-refractivity contribution in [3.05, 3.63) is 42.0 Å².